The van der Waals surface area contributed by atoms with E-state index in [1.165, 1.54) is 0 Å². The first kappa shape index (κ1) is 14.5. The average molecular weight is 254 g/mol. The van der Waals surface area contributed by atoms with Crippen LogP contribution in [0.5, 0.6) is 0 Å². The first-order valence-corrected chi connectivity index (χ1v) is 6.32. The van der Waals surface area contributed by atoms with E-state index in [9.17, 15) is 14.7 Å². The summed E-state index contributed by atoms with van der Waals surface area (Å²) >= 11 is 0. The molecule has 0 radical (unpaired) electrons. The van der Waals surface area contributed by atoms with Gasteiger partial charge in [0, 0.05) is 19.6 Å². The summed E-state index contributed by atoms with van der Waals surface area (Å²) in [6, 6.07) is -0.197. The maximum absolute atomic E-state index is 11.9. The SMILES string of the molecule is C=C(C)CNC(=O)N1CCCC(CC)(C(=O)O)C1. The molecule has 1 rings (SSSR count). The number of likely N-dealkylation sites (tertiary alicyclic amines) is 1. The monoisotopic (exact) mass is 254 g/mol. The number of nitrogens with one attached hydrogen (secondary N) is 1. The predicted octanol–water partition coefficient (Wildman–Crippen LogP) is 1.85. The Morgan fingerprint density at radius 2 is 2.17 bits per heavy atom. The molecular formula is C13H22N2O3. The number of rotatable bonds is 4. The standard InChI is InChI=1S/C13H22N2O3/c1-4-13(11(16)17)6-5-7-15(9-13)12(18)14-8-10(2)3/h2,4-9H2,1,3H3,(H,14,18)(H,16,17). The summed E-state index contributed by atoms with van der Waals surface area (Å²) in [5, 5.41) is 12.1. The molecule has 0 aliphatic carbocycles. The molecule has 1 unspecified atom stereocenters. The lowest BCUT2D eigenvalue weighted by atomic mass is 9.78. The van der Waals surface area contributed by atoms with Crippen LogP contribution >= 0.6 is 0 Å². The van der Waals surface area contributed by atoms with Gasteiger partial charge in [-0.2, -0.15) is 0 Å². The van der Waals surface area contributed by atoms with Crippen molar-refractivity contribution in [2.75, 3.05) is 19.6 Å². The lowest BCUT2D eigenvalue weighted by Gasteiger charge is -2.39. The van der Waals surface area contributed by atoms with Crippen LogP contribution in [0.25, 0.3) is 0 Å². The minimum Gasteiger partial charge on any atom is -0.481 e. The van der Waals surface area contributed by atoms with E-state index in [4.69, 9.17) is 0 Å². The molecule has 18 heavy (non-hydrogen) atoms. The third kappa shape index (κ3) is 3.24. The lowest BCUT2D eigenvalue weighted by molar-refractivity contribution is -0.152. The molecule has 1 heterocycles. The highest BCUT2D eigenvalue weighted by atomic mass is 16.4. The number of amides is 2. The minimum atomic E-state index is -0.803. The summed E-state index contributed by atoms with van der Waals surface area (Å²) in [5.74, 6) is -0.803. The third-order valence-corrected chi connectivity index (χ3v) is 3.54. The maximum atomic E-state index is 11.9. The highest BCUT2D eigenvalue weighted by Crippen LogP contribution is 2.33. The molecule has 102 valence electrons. The van der Waals surface area contributed by atoms with Crippen LogP contribution in [0.3, 0.4) is 0 Å². The van der Waals surface area contributed by atoms with Gasteiger partial charge in [0.25, 0.3) is 0 Å². The molecule has 1 saturated heterocycles. The van der Waals surface area contributed by atoms with Crippen molar-refractivity contribution in [3.05, 3.63) is 12.2 Å². The van der Waals surface area contributed by atoms with E-state index in [0.717, 1.165) is 12.0 Å². The van der Waals surface area contributed by atoms with Gasteiger partial charge in [-0.15, -0.1) is 0 Å². The first-order valence-electron chi connectivity index (χ1n) is 6.32. The number of piperidine rings is 1. The number of carbonyl (C=O) groups is 2. The fourth-order valence-electron chi connectivity index (χ4n) is 2.26. The van der Waals surface area contributed by atoms with Gasteiger partial charge in [-0.3, -0.25) is 4.79 Å². The molecule has 0 aromatic heterocycles. The molecule has 0 aromatic carbocycles. The van der Waals surface area contributed by atoms with Crippen molar-refractivity contribution in [3.63, 3.8) is 0 Å². The maximum Gasteiger partial charge on any atom is 0.317 e. The zero-order chi connectivity index (χ0) is 13.8. The zero-order valence-corrected chi connectivity index (χ0v) is 11.2. The number of aliphatic carboxylic acids is 1. The van der Waals surface area contributed by atoms with E-state index in [2.05, 4.69) is 11.9 Å². The van der Waals surface area contributed by atoms with Crippen LogP contribution < -0.4 is 5.32 Å². The van der Waals surface area contributed by atoms with Gasteiger partial charge in [0.1, 0.15) is 0 Å². The zero-order valence-electron chi connectivity index (χ0n) is 11.2. The quantitative estimate of drug-likeness (QED) is 0.752. The van der Waals surface area contributed by atoms with Crippen LogP contribution in [-0.4, -0.2) is 41.6 Å². The van der Waals surface area contributed by atoms with Crippen molar-refractivity contribution < 1.29 is 14.7 Å². The Balaban J connectivity index is 2.65. The van der Waals surface area contributed by atoms with E-state index in [1.54, 1.807) is 4.90 Å². The summed E-state index contributed by atoms with van der Waals surface area (Å²) in [6.07, 6.45) is 1.93. The Kier molecular flexibility index (Phi) is 4.76. The molecule has 1 fully saturated rings. The van der Waals surface area contributed by atoms with E-state index in [-0.39, 0.29) is 6.03 Å². The normalized spacial score (nSPS) is 23.6. The molecule has 0 spiro atoms. The van der Waals surface area contributed by atoms with Crippen LogP contribution in [0.4, 0.5) is 4.79 Å². The second-order valence-corrected chi connectivity index (χ2v) is 5.08. The van der Waals surface area contributed by atoms with Crippen LogP contribution in [-0.2, 0) is 4.79 Å². The number of carboxylic acids is 1. The van der Waals surface area contributed by atoms with E-state index >= 15 is 0 Å². The van der Waals surface area contributed by atoms with Gasteiger partial charge < -0.3 is 15.3 Å². The Morgan fingerprint density at radius 3 is 2.67 bits per heavy atom. The number of hydrogen-bond donors (Lipinski definition) is 2. The molecule has 5 heteroatoms. The predicted molar refractivity (Wildman–Crippen MR) is 69.4 cm³/mol. The average Bonchev–Trinajstić information content (AvgIpc) is 2.35. The number of nitrogens with zero attached hydrogens (tertiary/aromatic N) is 1. The van der Waals surface area contributed by atoms with Gasteiger partial charge >= 0.3 is 12.0 Å². The molecule has 5 nitrogen and oxygen atoms in total. The molecule has 2 amide bonds. The molecule has 0 saturated carbocycles. The highest BCUT2D eigenvalue weighted by Gasteiger charge is 2.42. The third-order valence-electron chi connectivity index (χ3n) is 3.54. The Morgan fingerprint density at radius 1 is 1.50 bits per heavy atom. The molecule has 0 bridgehead atoms. The van der Waals surface area contributed by atoms with Gasteiger partial charge in [-0.25, -0.2) is 4.79 Å². The number of urea groups is 1. The second-order valence-electron chi connectivity index (χ2n) is 5.08. The molecule has 1 aliphatic heterocycles. The Hall–Kier alpha value is -1.52. The van der Waals surface area contributed by atoms with Crippen molar-refractivity contribution in [2.24, 2.45) is 5.41 Å². The smallest absolute Gasteiger partial charge is 0.317 e. The van der Waals surface area contributed by atoms with E-state index in [0.29, 0.717) is 32.5 Å². The van der Waals surface area contributed by atoms with Gasteiger partial charge in [0.05, 0.1) is 5.41 Å². The largest absolute Gasteiger partial charge is 0.481 e. The number of carbonyl (C=O) groups excluding carboxylic acids is 1. The minimum absolute atomic E-state index is 0.197. The van der Waals surface area contributed by atoms with Crippen LogP contribution in [0.15, 0.2) is 12.2 Å². The van der Waals surface area contributed by atoms with E-state index < -0.39 is 11.4 Å². The van der Waals surface area contributed by atoms with Crippen LogP contribution in [0, 0.1) is 5.41 Å². The van der Waals surface area contributed by atoms with Gasteiger partial charge in [-0.1, -0.05) is 19.1 Å². The lowest BCUT2D eigenvalue weighted by Crippen LogP contribution is -2.52. The summed E-state index contributed by atoms with van der Waals surface area (Å²) in [7, 11) is 0. The summed E-state index contributed by atoms with van der Waals surface area (Å²) in [6.45, 7) is 8.77. The highest BCUT2D eigenvalue weighted by molar-refractivity contribution is 5.78. The number of carboxylic acid groups (broad SMARTS) is 1. The molecule has 1 atom stereocenters. The molecule has 2 N–H and O–H groups in total. The van der Waals surface area contributed by atoms with Crippen molar-refractivity contribution in [1.29, 1.82) is 0 Å². The van der Waals surface area contributed by atoms with Crippen LogP contribution in [0.2, 0.25) is 0 Å². The van der Waals surface area contributed by atoms with Crippen molar-refractivity contribution in [3.8, 4) is 0 Å². The fraction of sp³-hybridized carbons (Fsp3) is 0.692. The van der Waals surface area contributed by atoms with Gasteiger partial charge in [-0.05, 0) is 26.2 Å². The Labute approximate surface area is 108 Å². The summed E-state index contributed by atoms with van der Waals surface area (Å²) < 4.78 is 0. The molecule has 1 aliphatic rings. The van der Waals surface area contributed by atoms with Gasteiger partial charge in [0.15, 0.2) is 0 Å². The summed E-state index contributed by atoms with van der Waals surface area (Å²) in [5.41, 5.74) is 0.0964. The first-order chi connectivity index (χ1) is 8.41. The fourth-order valence-corrected chi connectivity index (χ4v) is 2.26. The van der Waals surface area contributed by atoms with Gasteiger partial charge in [0.2, 0.25) is 0 Å². The van der Waals surface area contributed by atoms with Crippen molar-refractivity contribution in [2.45, 2.75) is 33.1 Å². The van der Waals surface area contributed by atoms with Crippen molar-refractivity contribution in [1.82, 2.24) is 10.2 Å². The second kappa shape index (κ2) is 5.89. The topological polar surface area (TPSA) is 69.6 Å². The Bertz CT molecular complexity index is 354. The van der Waals surface area contributed by atoms with Crippen molar-refractivity contribution >= 4 is 12.0 Å². The van der Waals surface area contributed by atoms with E-state index in [1.807, 2.05) is 13.8 Å². The van der Waals surface area contributed by atoms with Crippen LogP contribution in [0.1, 0.15) is 33.1 Å². The summed E-state index contributed by atoms with van der Waals surface area (Å²) in [4.78, 5) is 24.9. The number of hydrogen-bond acceptors (Lipinski definition) is 2. The molecule has 0 aromatic rings. The molecular weight excluding hydrogens is 232 g/mol.